The van der Waals surface area contributed by atoms with Crippen LogP contribution in [-0.2, 0) is 4.79 Å². The van der Waals surface area contributed by atoms with Gasteiger partial charge in [0.2, 0.25) is 0 Å². The molecular formula is C10H13NO3S. The smallest absolute Gasteiger partial charge is 0.325 e. The van der Waals surface area contributed by atoms with Gasteiger partial charge in [0.15, 0.2) is 0 Å². The molecule has 0 spiro atoms. The van der Waals surface area contributed by atoms with Crippen molar-refractivity contribution in [2.75, 3.05) is 13.4 Å². The number of rotatable bonds is 4. The van der Waals surface area contributed by atoms with Gasteiger partial charge < -0.3 is 15.6 Å². The van der Waals surface area contributed by atoms with Gasteiger partial charge in [0.05, 0.1) is 7.11 Å². The molecule has 5 heteroatoms. The van der Waals surface area contributed by atoms with E-state index in [-0.39, 0.29) is 0 Å². The minimum Gasteiger partial charge on any atom is -0.496 e. The Hall–Kier alpha value is -1.20. The minimum atomic E-state index is -1.06. The van der Waals surface area contributed by atoms with E-state index in [0.29, 0.717) is 11.3 Å². The Morgan fingerprint density at radius 3 is 2.73 bits per heavy atom. The third-order valence-electron chi connectivity index (χ3n) is 2.04. The van der Waals surface area contributed by atoms with Crippen molar-refractivity contribution in [2.45, 2.75) is 10.9 Å². The zero-order chi connectivity index (χ0) is 11.4. The summed E-state index contributed by atoms with van der Waals surface area (Å²) in [7, 11) is 1.50. The Morgan fingerprint density at radius 1 is 1.60 bits per heavy atom. The number of hydrogen-bond acceptors (Lipinski definition) is 4. The van der Waals surface area contributed by atoms with Gasteiger partial charge in [-0.3, -0.25) is 4.79 Å². The molecule has 82 valence electrons. The molecule has 0 aliphatic heterocycles. The molecule has 1 aromatic carbocycles. The highest BCUT2D eigenvalue weighted by atomic mass is 32.2. The summed E-state index contributed by atoms with van der Waals surface area (Å²) in [5, 5.41) is 8.89. The SMILES string of the molecule is COc1cccc(SC)c1C(N)C(=O)O. The second-order valence-electron chi connectivity index (χ2n) is 2.89. The largest absolute Gasteiger partial charge is 0.496 e. The van der Waals surface area contributed by atoms with Crippen molar-refractivity contribution in [3.05, 3.63) is 23.8 Å². The first-order valence-electron chi connectivity index (χ1n) is 4.31. The fourth-order valence-corrected chi connectivity index (χ4v) is 1.97. The molecule has 0 aromatic heterocycles. The third-order valence-corrected chi connectivity index (χ3v) is 2.84. The molecule has 0 saturated carbocycles. The molecule has 0 heterocycles. The summed E-state index contributed by atoms with van der Waals surface area (Å²) in [6, 6.07) is 4.29. The van der Waals surface area contributed by atoms with Gasteiger partial charge in [-0.25, -0.2) is 0 Å². The molecule has 4 nitrogen and oxygen atoms in total. The number of carboxylic acid groups (broad SMARTS) is 1. The van der Waals surface area contributed by atoms with E-state index in [4.69, 9.17) is 15.6 Å². The molecule has 1 rings (SSSR count). The molecule has 0 aliphatic rings. The molecule has 1 aromatic rings. The summed E-state index contributed by atoms with van der Waals surface area (Å²) in [6.45, 7) is 0. The highest BCUT2D eigenvalue weighted by molar-refractivity contribution is 7.98. The van der Waals surface area contributed by atoms with Gasteiger partial charge >= 0.3 is 5.97 Å². The lowest BCUT2D eigenvalue weighted by molar-refractivity contribution is -0.138. The molecule has 0 amide bonds. The van der Waals surface area contributed by atoms with Gasteiger partial charge in [0, 0.05) is 10.5 Å². The molecule has 15 heavy (non-hydrogen) atoms. The summed E-state index contributed by atoms with van der Waals surface area (Å²) >= 11 is 1.45. The Labute approximate surface area is 92.4 Å². The topological polar surface area (TPSA) is 72.5 Å². The number of hydrogen-bond donors (Lipinski definition) is 2. The van der Waals surface area contributed by atoms with Crippen LogP contribution in [0.2, 0.25) is 0 Å². The van der Waals surface area contributed by atoms with E-state index in [9.17, 15) is 4.79 Å². The van der Waals surface area contributed by atoms with Crippen LogP contribution in [0.4, 0.5) is 0 Å². The van der Waals surface area contributed by atoms with Gasteiger partial charge in [-0.2, -0.15) is 0 Å². The first-order valence-corrected chi connectivity index (χ1v) is 5.53. The van der Waals surface area contributed by atoms with Crippen molar-refractivity contribution >= 4 is 17.7 Å². The van der Waals surface area contributed by atoms with Crippen molar-refractivity contribution < 1.29 is 14.6 Å². The quantitative estimate of drug-likeness (QED) is 0.763. The highest BCUT2D eigenvalue weighted by Crippen LogP contribution is 2.32. The molecule has 0 radical (unpaired) electrons. The first kappa shape index (κ1) is 11.9. The molecule has 1 atom stereocenters. The van der Waals surface area contributed by atoms with Gasteiger partial charge in [-0.15, -0.1) is 11.8 Å². The molecule has 0 bridgehead atoms. The number of ether oxygens (including phenoxy) is 1. The number of benzene rings is 1. The van der Waals surface area contributed by atoms with E-state index in [1.54, 1.807) is 6.07 Å². The number of carbonyl (C=O) groups is 1. The van der Waals surface area contributed by atoms with Gasteiger partial charge in [-0.05, 0) is 18.4 Å². The summed E-state index contributed by atoms with van der Waals surface area (Å²) in [5.74, 6) is -0.549. The summed E-state index contributed by atoms with van der Waals surface area (Å²) in [6.07, 6.45) is 1.87. The van der Waals surface area contributed by atoms with Crippen LogP contribution in [0.15, 0.2) is 23.1 Å². The van der Waals surface area contributed by atoms with E-state index in [2.05, 4.69) is 0 Å². The maximum Gasteiger partial charge on any atom is 0.325 e. The van der Waals surface area contributed by atoms with Gasteiger partial charge in [-0.1, -0.05) is 6.07 Å². The van der Waals surface area contributed by atoms with Crippen LogP contribution in [0.1, 0.15) is 11.6 Å². The second kappa shape index (κ2) is 5.04. The number of methoxy groups -OCH3 is 1. The van der Waals surface area contributed by atoms with Crippen LogP contribution in [0.25, 0.3) is 0 Å². The second-order valence-corrected chi connectivity index (χ2v) is 3.74. The monoisotopic (exact) mass is 227 g/mol. The Morgan fingerprint density at radius 2 is 2.27 bits per heavy atom. The maximum absolute atomic E-state index is 10.8. The van der Waals surface area contributed by atoms with Gasteiger partial charge in [0.25, 0.3) is 0 Å². The minimum absolute atomic E-state index is 0.511. The van der Waals surface area contributed by atoms with Crippen LogP contribution >= 0.6 is 11.8 Å². The van der Waals surface area contributed by atoms with Gasteiger partial charge in [0.1, 0.15) is 11.8 Å². The average molecular weight is 227 g/mol. The van der Waals surface area contributed by atoms with Crippen molar-refractivity contribution in [2.24, 2.45) is 5.73 Å². The Balaban J connectivity index is 3.27. The predicted octanol–water partition coefficient (Wildman–Crippen LogP) is 1.50. The molecule has 0 aliphatic carbocycles. The van der Waals surface area contributed by atoms with Crippen molar-refractivity contribution in [3.8, 4) is 5.75 Å². The van der Waals surface area contributed by atoms with E-state index < -0.39 is 12.0 Å². The summed E-state index contributed by atoms with van der Waals surface area (Å²) in [4.78, 5) is 11.7. The van der Waals surface area contributed by atoms with E-state index in [0.717, 1.165) is 4.90 Å². The number of thioether (sulfide) groups is 1. The molecular weight excluding hydrogens is 214 g/mol. The predicted molar refractivity (Wildman–Crippen MR) is 59.3 cm³/mol. The van der Waals surface area contributed by atoms with Crippen LogP contribution in [0, 0.1) is 0 Å². The normalized spacial score (nSPS) is 12.2. The fourth-order valence-electron chi connectivity index (χ4n) is 1.31. The van der Waals surface area contributed by atoms with Crippen molar-refractivity contribution in [1.82, 2.24) is 0 Å². The lowest BCUT2D eigenvalue weighted by Gasteiger charge is -2.15. The number of nitrogens with two attached hydrogens (primary N) is 1. The zero-order valence-electron chi connectivity index (χ0n) is 8.56. The van der Waals surface area contributed by atoms with E-state index in [1.165, 1.54) is 18.9 Å². The number of aliphatic carboxylic acids is 1. The Bertz CT molecular complexity index is 345. The molecule has 0 fully saturated rings. The van der Waals surface area contributed by atoms with E-state index >= 15 is 0 Å². The summed E-state index contributed by atoms with van der Waals surface area (Å²) in [5.41, 5.74) is 6.13. The lowest BCUT2D eigenvalue weighted by Crippen LogP contribution is -2.22. The summed E-state index contributed by atoms with van der Waals surface area (Å²) < 4.78 is 5.10. The van der Waals surface area contributed by atoms with Crippen LogP contribution in [0.5, 0.6) is 5.75 Å². The van der Waals surface area contributed by atoms with Crippen LogP contribution in [-0.4, -0.2) is 24.4 Å². The van der Waals surface area contributed by atoms with Crippen molar-refractivity contribution in [3.63, 3.8) is 0 Å². The fraction of sp³-hybridized carbons (Fsp3) is 0.300. The number of carboxylic acids is 1. The van der Waals surface area contributed by atoms with Crippen LogP contribution < -0.4 is 10.5 Å². The molecule has 0 saturated heterocycles. The maximum atomic E-state index is 10.8. The molecule has 1 unspecified atom stereocenters. The van der Waals surface area contributed by atoms with Crippen molar-refractivity contribution in [1.29, 1.82) is 0 Å². The standard InChI is InChI=1S/C10H13NO3S/c1-14-6-4-3-5-7(15-2)8(6)9(11)10(12)13/h3-5,9H,11H2,1-2H3,(H,12,13). The highest BCUT2D eigenvalue weighted by Gasteiger charge is 2.21. The first-order chi connectivity index (χ1) is 7.11. The lowest BCUT2D eigenvalue weighted by atomic mass is 10.1. The Kier molecular flexibility index (Phi) is 3.99. The average Bonchev–Trinajstić information content (AvgIpc) is 2.26. The van der Waals surface area contributed by atoms with E-state index in [1.807, 2.05) is 18.4 Å². The molecule has 3 N–H and O–H groups in total. The zero-order valence-corrected chi connectivity index (χ0v) is 9.38. The van der Waals surface area contributed by atoms with Crippen LogP contribution in [0.3, 0.4) is 0 Å². The third kappa shape index (κ3) is 2.43.